The average molecular weight is 342 g/mol. The highest BCUT2D eigenvalue weighted by Gasteiger charge is 2.08. The summed E-state index contributed by atoms with van der Waals surface area (Å²) in [5.41, 5.74) is 4.56. The molecule has 6 nitrogen and oxygen atoms in total. The lowest BCUT2D eigenvalue weighted by Gasteiger charge is -2.04. The summed E-state index contributed by atoms with van der Waals surface area (Å²) in [6.45, 7) is 0. The monoisotopic (exact) mass is 342 g/mol. The van der Waals surface area contributed by atoms with Crippen LogP contribution in [0.15, 0.2) is 79.3 Å². The molecule has 0 bridgehead atoms. The number of hydrogen-bond donors (Lipinski definition) is 1. The molecule has 2 heterocycles. The molecular formula is C20H14N4O2. The van der Waals surface area contributed by atoms with E-state index in [0.29, 0.717) is 5.69 Å². The number of aromatic nitrogens is 4. The van der Waals surface area contributed by atoms with Crippen LogP contribution in [0.3, 0.4) is 0 Å². The molecule has 0 saturated heterocycles. The molecule has 0 aliphatic rings. The third-order valence-electron chi connectivity index (χ3n) is 4.02. The first-order valence-corrected chi connectivity index (χ1v) is 7.97. The Balaban J connectivity index is 1.65. The van der Waals surface area contributed by atoms with Gasteiger partial charge in [0, 0.05) is 17.3 Å². The van der Waals surface area contributed by atoms with Crippen molar-refractivity contribution >= 4 is 5.97 Å². The highest BCUT2D eigenvalue weighted by Crippen LogP contribution is 2.22. The molecule has 4 rings (SSSR count). The second-order valence-electron chi connectivity index (χ2n) is 5.73. The summed E-state index contributed by atoms with van der Waals surface area (Å²) in [5.74, 6) is -0.955. The molecule has 0 aliphatic heterocycles. The minimum absolute atomic E-state index is 0.237. The first-order chi connectivity index (χ1) is 12.7. The van der Waals surface area contributed by atoms with Gasteiger partial charge in [0.2, 0.25) is 0 Å². The van der Waals surface area contributed by atoms with Gasteiger partial charge in [0.05, 0.1) is 23.6 Å². The molecule has 2 aromatic heterocycles. The molecule has 0 radical (unpaired) electrons. The van der Waals surface area contributed by atoms with Gasteiger partial charge in [-0.15, -0.1) is 5.10 Å². The zero-order chi connectivity index (χ0) is 17.9. The van der Waals surface area contributed by atoms with E-state index >= 15 is 0 Å². The maximum atomic E-state index is 10.9. The van der Waals surface area contributed by atoms with Crippen molar-refractivity contribution in [3.63, 3.8) is 0 Å². The van der Waals surface area contributed by atoms with E-state index in [2.05, 4.69) is 15.3 Å². The lowest BCUT2D eigenvalue weighted by Crippen LogP contribution is -1.96. The summed E-state index contributed by atoms with van der Waals surface area (Å²) in [7, 11) is 0. The Morgan fingerprint density at radius 1 is 0.885 bits per heavy atom. The van der Waals surface area contributed by atoms with Crippen molar-refractivity contribution in [3.8, 4) is 28.1 Å². The van der Waals surface area contributed by atoms with Crippen LogP contribution in [0.4, 0.5) is 0 Å². The van der Waals surface area contributed by atoms with Crippen LogP contribution in [0.25, 0.3) is 28.1 Å². The number of pyridine rings is 1. The van der Waals surface area contributed by atoms with Gasteiger partial charge in [-0.25, -0.2) is 9.48 Å². The van der Waals surface area contributed by atoms with Gasteiger partial charge in [-0.2, -0.15) is 0 Å². The number of aromatic carboxylic acids is 1. The molecule has 0 saturated carbocycles. The summed E-state index contributed by atoms with van der Waals surface area (Å²) >= 11 is 0. The highest BCUT2D eigenvalue weighted by molar-refractivity contribution is 5.88. The predicted molar refractivity (Wildman–Crippen MR) is 97.0 cm³/mol. The number of carboxylic acid groups (broad SMARTS) is 1. The van der Waals surface area contributed by atoms with E-state index in [1.165, 1.54) is 0 Å². The van der Waals surface area contributed by atoms with E-state index < -0.39 is 5.97 Å². The first kappa shape index (κ1) is 15.7. The zero-order valence-electron chi connectivity index (χ0n) is 13.6. The van der Waals surface area contributed by atoms with Crippen LogP contribution in [0.5, 0.6) is 0 Å². The fourth-order valence-corrected chi connectivity index (χ4v) is 2.65. The third-order valence-corrected chi connectivity index (χ3v) is 4.02. The van der Waals surface area contributed by atoms with Crippen LogP contribution in [-0.4, -0.2) is 31.1 Å². The van der Waals surface area contributed by atoms with Gasteiger partial charge in [-0.3, -0.25) is 4.98 Å². The topological polar surface area (TPSA) is 80.9 Å². The number of rotatable bonds is 4. The molecule has 2 aromatic carbocycles. The normalized spacial score (nSPS) is 10.6. The molecule has 6 heteroatoms. The Bertz CT molecular complexity index is 1060. The van der Waals surface area contributed by atoms with Crippen molar-refractivity contribution in [2.45, 2.75) is 0 Å². The third kappa shape index (κ3) is 3.08. The van der Waals surface area contributed by atoms with Crippen LogP contribution in [0.1, 0.15) is 10.4 Å². The van der Waals surface area contributed by atoms with Crippen molar-refractivity contribution in [1.82, 2.24) is 20.0 Å². The van der Waals surface area contributed by atoms with Gasteiger partial charge < -0.3 is 5.11 Å². The van der Waals surface area contributed by atoms with Crippen LogP contribution >= 0.6 is 0 Å². The predicted octanol–water partition coefficient (Wildman–Crippen LogP) is 3.69. The molecule has 0 aliphatic carbocycles. The maximum Gasteiger partial charge on any atom is 0.335 e. The van der Waals surface area contributed by atoms with Gasteiger partial charge in [-0.1, -0.05) is 47.7 Å². The Morgan fingerprint density at radius 2 is 1.65 bits per heavy atom. The highest BCUT2D eigenvalue weighted by atomic mass is 16.4. The van der Waals surface area contributed by atoms with Gasteiger partial charge >= 0.3 is 5.97 Å². The van der Waals surface area contributed by atoms with Crippen molar-refractivity contribution in [2.24, 2.45) is 0 Å². The molecule has 0 fully saturated rings. The van der Waals surface area contributed by atoms with Crippen molar-refractivity contribution < 1.29 is 9.90 Å². The fraction of sp³-hybridized carbons (Fsp3) is 0. The van der Waals surface area contributed by atoms with Gasteiger partial charge in [0.1, 0.15) is 5.69 Å². The summed E-state index contributed by atoms with van der Waals surface area (Å²) in [4.78, 5) is 15.2. The average Bonchev–Trinajstić information content (AvgIpc) is 3.19. The second kappa shape index (κ2) is 6.60. The first-order valence-electron chi connectivity index (χ1n) is 7.97. The van der Waals surface area contributed by atoms with Crippen LogP contribution in [-0.2, 0) is 0 Å². The van der Waals surface area contributed by atoms with Gasteiger partial charge in [0.25, 0.3) is 0 Å². The van der Waals surface area contributed by atoms with Crippen molar-refractivity contribution in [1.29, 1.82) is 0 Å². The van der Waals surface area contributed by atoms with Crippen LogP contribution < -0.4 is 0 Å². The molecule has 26 heavy (non-hydrogen) atoms. The minimum Gasteiger partial charge on any atom is -0.478 e. The van der Waals surface area contributed by atoms with Gasteiger partial charge in [-0.05, 0) is 23.8 Å². The minimum atomic E-state index is -0.955. The molecule has 0 amide bonds. The van der Waals surface area contributed by atoms with Crippen molar-refractivity contribution in [2.75, 3.05) is 0 Å². The molecule has 126 valence electrons. The van der Waals surface area contributed by atoms with Crippen LogP contribution in [0, 0.1) is 0 Å². The smallest absolute Gasteiger partial charge is 0.335 e. The zero-order valence-corrected chi connectivity index (χ0v) is 13.6. The molecule has 0 spiro atoms. The number of hydrogen-bond acceptors (Lipinski definition) is 4. The standard InChI is InChI=1S/C20H14N4O2/c25-20(26)16-8-6-15(7-9-16)19-13-24(23-22-19)18-10-17(11-21-12-18)14-4-2-1-3-5-14/h1-13H,(H,25,26). The Kier molecular flexibility index (Phi) is 3.99. The van der Waals surface area contributed by atoms with Crippen LogP contribution in [0.2, 0.25) is 0 Å². The van der Waals surface area contributed by atoms with Gasteiger partial charge in [0.15, 0.2) is 0 Å². The second-order valence-corrected chi connectivity index (χ2v) is 5.73. The molecule has 1 N–H and O–H groups in total. The summed E-state index contributed by atoms with van der Waals surface area (Å²) in [5, 5.41) is 17.3. The molecule has 0 unspecified atom stereocenters. The quantitative estimate of drug-likeness (QED) is 0.612. The number of nitrogens with zero attached hydrogens (tertiary/aromatic N) is 4. The van der Waals surface area contributed by atoms with E-state index in [9.17, 15) is 4.79 Å². The van der Waals surface area contributed by atoms with E-state index in [4.69, 9.17) is 5.11 Å². The molecular weight excluding hydrogens is 328 g/mol. The number of carboxylic acids is 1. The number of carbonyl (C=O) groups is 1. The lowest BCUT2D eigenvalue weighted by molar-refractivity contribution is 0.0697. The lowest BCUT2D eigenvalue weighted by atomic mass is 10.1. The largest absolute Gasteiger partial charge is 0.478 e. The Hall–Kier alpha value is -3.80. The summed E-state index contributed by atoms with van der Waals surface area (Å²) in [6.07, 6.45) is 5.32. The Morgan fingerprint density at radius 3 is 2.38 bits per heavy atom. The van der Waals surface area contributed by atoms with E-state index in [0.717, 1.165) is 22.4 Å². The molecule has 4 aromatic rings. The Labute approximate surface area is 149 Å². The van der Waals surface area contributed by atoms with E-state index in [1.54, 1.807) is 47.5 Å². The fourth-order valence-electron chi connectivity index (χ4n) is 2.65. The summed E-state index contributed by atoms with van der Waals surface area (Å²) < 4.78 is 1.65. The van der Waals surface area contributed by atoms with Crippen molar-refractivity contribution in [3.05, 3.63) is 84.8 Å². The van der Waals surface area contributed by atoms with E-state index in [1.807, 2.05) is 36.4 Å². The number of benzene rings is 2. The SMILES string of the molecule is O=C(O)c1ccc(-c2cn(-c3cncc(-c4ccccc4)c3)nn2)cc1. The summed E-state index contributed by atoms with van der Waals surface area (Å²) in [6, 6.07) is 18.5. The maximum absolute atomic E-state index is 10.9. The van der Waals surface area contributed by atoms with E-state index in [-0.39, 0.29) is 5.56 Å². The molecule has 0 atom stereocenters.